The largest absolute Gasteiger partial charge is 1.00 e. The molecule has 1 amide bonds. The van der Waals surface area contributed by atoms with E-state index in [-0.39, 0.29) is 36.1 Å². The molecule has 1 N–H and O–H groups in total. The van der Waals surface area contributed by atoms with Gasteiger partial charge in [-0.3, -0.25) is 4.79 Å². The predicted octanol–water partition coefficient (Wildman–Crippen LogP) is -2.30. The first-order valence-corrected chi connectivity index (χ1v) is 6.90. The summed E-state index contributed by atoms with van der Waals surface area (Å²) in [5.41, 5.74) is 1.27. The van der Waals surface area contributed by atoms with Crippen molar-refractivity contribution in [1.82, 2.24) is 5.32 Å². The normalized spacial score (nSPS) is 10.6. The van der Waals surface area contributed by atoms with Crippen LogP contribution in [-0.4, -0.2) is 31.2 Å². The van der Waals surface area contributed by atoms with E-state index in [0.717, 1.165) is 5.56 Å². The van der Waals surface area contributed by atoms with Gasteiger partial charge in [-0.1, -0.05) is 12.1 Å². The summed E-state index contributed by atoms with van der Waals surface area (Å²) in [6.45, 7) is -0.193. The van der Waals surface area contributed by atoms with Crippen molar-refractivity contribution in [2.45, 2.75) is 5.88 Å². The quantitative estimate of drug-likeness (QED) is 0.376. The molecular formula is C10H11ClNNaO4S. The zero-order valence-corrected chi connectivity index (χ0v) is 13.4. The molecule has 0 radical (unpaired) electrons. The molecule has 0 aliphatic rings. The standard InChI is InChI=1S/C10H12ClNO4S.Na/c11-7-8-1-3-9(4-2-8)10(13)12-5-6-17(14,15)16;/h1-4H,5-7H2,(H,12,13)(H,14,15,16);/q;+1/p-1. The summed E-state index contributed by atoms with van der Waals surface area (Å²) < 4.78 is 30.9. The first kappa shape index (κ1) is 17.9. The van der Waals surface area contributed by atoms with Gasteiger partial charge in [0.25, 0.3) is 5.91 Å². The van der Waals surface area contributed by atoms with Crippen LogP contribution < -0.4 is 34.9 Å². The van der Waals surface area contributed by atoms with Crippen LogP contribution in [0.4, 0.5) is 0 Å². The molecular weight excluding hydrogens is 289 g/mol. The molecule has 0 atom stereocenters. The minimum Gasteiger partial charge on any atom is -0.748 e. The van der Waals surface area contributed by atoms with E-state index in [2.05, 4.69) is 5.32 Å². The summed E-state index contributed by atoms with van der Waals surface area (Å²) in [5, 5.41) is 2.34. The monoisotopic (exact) mass is 299 g/mol. The maximum atomic E-state index is 11.5. The summed E-state index contributed by atoms with van der Waals surface area (Å²) >= 11 is 5.59. The second kappa shape index (κ2) is 8.14. The average Bonchev–Trinajstić information content (AvgIpc) is 2.27. The molecule has 8 heteroatoms. The summed E-state index contributed by atoms with van der Waals surface area (Å²) in [4.78, 5) is 11.5. The SMILES string of the molecule is O=C(NCCS(=O)(=O)[O-])c1ccc(CCl)cc1.[Na+]. The van der Waals surface area contributed by atoms with Crippen molar-refractivity contribution >= 4 is 27.6 Å². The Bertz CT molecular complexity index is 489. The number of carbonyl (C=O) groups is 1. The molecule has 0 bridgehead atoms. The van der Waals surface area contributed by atoms with Crippen LogP contribution in [0.3, 0.4) is 0 Å². The summed E-state index contributed by atoms with van der Waals surface area (Å²) in [6, 6.07) is 6.57. The van der Waals surface area contributed by atoms with Gasteiger partial charge in [-0.2, -0.15) is 0 Å². The number of amides is 1. The van der Waals surface area contributed by atoms with Gasteiger partial charge in [0.05, 0.1) is 15.9 Å². The van der Waals surface area contributed by atoms with Crippen LogP contribution in [0.2, 0.25) is 0 Å². The second-order valence-electron chi connectivity index (χ2n) is 3.35. The Labute approximate surface area is 133 Å². The number of alkyl halides is 1. The zero-order chi connectivity index (χ0) is 12.9. The third kappa shape index (κ3) is 6.72. The van der Waals surface area contributed by atoms with Gasteiger partial charge in [-0.05, 0) is 17.7 Å². The van der Waals surface area contributed by atoms with Crippen LogP contribution in [0.15, 0.2) is 24.3 Å². The van der Waals surface area contributed by atoms with Gasteiger partial charge >= 0.3 is 29.6 Å². The molecule has 1 aromatic carbocycles. The molecule has 1 aromatic rings. The molecule has 5 nitrogen and oxygen atoms in total. The number of carbonyl (C=O) groups excluding carboxylic acids is 1. The fraction of sp³-hybridized carbons (Fsp3) is 0.300. The molecule has 0 fully saturated rings. The number of hydrogen-bond acceptors (Lipinski definition) is 4. The van der Waals surface area contributed by atoms with Gasteiger partial charge in [-0.25, -0.2) is 8.42 Å². The maximum Gasteiger partial charge on any atom is 1.00 e. The first-order valence-electron chi connectivity index (χ1n) is 4.79. The summed E-state index contributed by atoms with van der Waals surface area (Å²) in [6.07, 6.45) is 0. The van der Waals surface area contributed by atoms with Gasteiger partial charge in [0, 0.05) is 18.0 Å². The van der Waals surface area contributed by atoms with Crippen molar-refractivity contribution < 1.29 is 47.3 Å². The van der Waals surface area contributed by atoms with Crippen LogP contribution in [-0.2, 0) is 16.0 Å². The van der Waals surface area contributed by atoms with E-state index in [1.807, 2.05) is 0 Å². The van der Waals surface area contributed by atoms with E-state index in [0.29, 0.717) is 11.4 Å². The fourth-order valence-corrected chi connectivity index (χ4v) is 1.67. The Kier molecular flexibility index (Phi) is 8.09. The summed E-state index contributed by atoms with van der Waals surface area (Å²) in [7, 11) is -4.29. The molecule has 94 valence electrons. The molecule has 0 aliphatic heterocycles. The average molecular weight is 300 g/mol. The van der Waals surface area contributed by atoms with Crippen molar-refractivity contribution in [3.05, 3.63) is 35.4 Å². The summed E-state index contributed by atoms with van der Waals surface area (Å²) in [5.74, 6) is -0.677. The predicted molar refractivity (Wildman–Crippen MR) is 62.9 cm³/mol. The molecule has 1 rings (SSSR count). The van der Waals surface area contributed by atoms with E-state index in [1.54, 1.807) is 24.3 Å². The number of rotatable bonds is 5. The van der Waals surface area contributed by atoms with Gasteiger partial charge in [-0.15, -0.1) is 11.6 Å². The Hall–Kier alpha value is -0.110. The van der Waals surface area contributed by atoms with Crippen LogP contribution in [0.1, 0.15) is 15.9 Å². The Morgan fingerprint density at radius 1 is 1.28 bits per heavy atom. The van der Waals surface area contributed by atoms with Crippen LogP contribution in [0.25, 0.3) is 0 Å². The van der Waals surface area contributed by atoms with Crippen molar-refractivity contribution in [3.63, 3.8) is 0 Å². The smallest absolute Gasteiger partial charge is 0.748 e. The van der Waals surface area contributed by atoms with Crippen LogP contribution in [0, 0.1) is 0 Å². The molecule has 0 aromatic heterocycles. The molecule has 18 heavy (non-hydrogen) atoms. The fourth-order valence-electron chi connectivity index (χ4n) is 1.14. The molecule has 0 saturated heterocycles. The van der Waals surface area contributed by atoms with Gasteiger partial charge in [0.1, 0.15) is 0 Å². The number of halogens is 1. The minimum absolute atomic E-state index is 0. The van der Waals surface area contributed by atoms with E-state index in [1.165, 1.54) is 0 Å². The van der Waals surface area contributed by atoms with E-state index in [9.17, 15) is 17.8 Å². The topological polar surface area (TPSA) is 86.3 Å². The van der Waals surface area contributed by atoms with E-state index in [4.69, 9.17) is 11.6 Å². The van der Waals surface area contributed by atoms with Gasteiger partial charge < -0.3 is 9.87 Å². The Balaban J connectivity index is 0.00000289. The number of benzene rings is 1. The number of hydrogen-bond donors (Lipinski definition) is 1. The maximum absolute atomic E-state index is 11.5. The van der Waals surface area contributed by atoms with Crippen LogP contribution in [0.5, 0.6) is 0 Å². The third-order valence-corrected chi connectivity index (χ3v) is 3.02. The first-order chi connectivity index (χ1) is 7.92. The van der Waals surface area contributed by atoms with Crippen molar-refractivity contribution in [3.8, 4) is 0 Å². The second-order valence-corrected chi connectivity index (χ2v) is 5.14. The molecule has 0 aliphatic carbocycles. The zero-order valence-electron chi connectivity index (χ0n) is 9.85. The van der Waals surface area contributed by atoms with Crippen molar-refractivity contribution in [2.24, 2.45) is 0 Å². The molecule has 0 unspecified atom stereocenters. The van der Waals surface area contributed by atoms with E-state index < -0.39 is 21.8 Å². The Morgan fingerprint density at radius 2 is 1.83 bits per heavy atom. The minimum atomic E-state index is -4.29. The van der Waals surface area contributed by atoms with Gasteiger partial charge in [0.2, 0.25) is 0 Å². The molecule has 0 spiro atoms. The molecule has 0 saturated carbocycles. The van der Waals surface area contributed by atoms with Crippen molar-refractivity contribution in [2.75, 3.05) is 12.3 Å². The molecule has 0 heterocycles. The van der Waals surface area contributed by atoms with E-state index >= 15 is 0 Å². The van der Waals surface area contributed by atoms with Crippen LogP contribution >= 0.6 is 11.6 Å². The van der Waals surface area contributed by atoms with Gasteiger partial charge in [0.15, 0.2) is 0 Å². The Morgan fingerprint density at radius 3 is 2.28 bits per heavy atom. The number of nitrogens with one attached hydrogen (secondary N) is 1. The van der Waals surface area contributed by atoms with Crippen molar-refractivity contribution in [1.29, 1.82) is 0 Å². The third-order valence-electron chi connectivity index (χ3n) is 2.01.